The largest absolute Gasteiger partial charge is 0.372 e. The fraction of sp³-hybridized carbons (Fsp3) is 0.200. The highest BCUT2D eigenvalue weighted by molar-refractivity contribution is 6.14. The van der Waals surface area contributed by atoms with E-state index in [1.165, 1.54) is 0 Å². The molecule has 2 aromatic carbocycles. The zero-order valence-corrected chi connectivity index (χ0v) is 13.5. The van der Waals surface area contributed by atoms with Crippen molar-refractivity contribution in [3.05, 3.63) is 71.3 Å². The van der Waals surface area contributed by atoms with Gasteiger partial charge in [0.25, 0.3) is 0 Å². The van der Waals surface area contributed by atoms with Gasteiger partial charge in [-0.2, -0.15) is 5.26 Å². The maximum Gasteiger partial charge on any atom is 0.203 e. The van der Waals surface area contributed by atoms with Crippen molar-refractivity contribution in [1.29, 1.82) is 5.26 Å². The summed E-state index contributed by atoms with van der Waals surface area (Å²) < 4.78 is 0. The van der Waals surface area contributed by atoms with Crippen molar-refractivity contribution in [1.82, 2.24) is 0 Å². The van der Waals surface area contributed by atoms with Crippen LogP contribution in [0, 0.1) is 11.3 Å². The van der Waals surface area contributed by atoms with Crippen molar-refractivity contribution in [2.45, 2.75) is 13.8 Å². The van der Waals surface area contributed by atoms with E-state index in [0.29, 0.717) is 5.56 Å². The summed E-state index contributed by atoms with van der Waals surface area (Å²) in [6.45, 7) is 6.12. The minimum absolute atomic E-state index is 0.145. The first-order chi connectivity index (χ1) is 11.2. The highest BCUT2D eigenvalue weighted by Crippen LogP contribution is 2.18. The molecule has 0 amide bonds. The molecule has 0 saturated carbocycles. The van der Waals surface area contributed by atoms with E-state index in [1.54, 1.807) is 30.3 Å². The van der Waals surface area contributed by atoms with Crippen LogP contribution in [0.4, 0.5) is 5.69 Å². The lowest BCUT2D eigenvalue weighted by Crippen LogP contribution is -2.21. The van der Waals surface area contributed by atoms with Crippen LogP contribution >= 0.6 is 0 Å². The first-order valence-electron chi connectivity index (χ1n) is 7.76. The molecule has 0 heterocycles. The molecule has 2 rings (SSSR count). The number of carbonyl (C=O) groups excluding carboxylic acids is 1. The zero-order chi connectivity index (χ0) is 16.7. The summed E-state index contributed by atoms with van der Waals surface area (Å²) in [6, 6.07) is 18.8. The lowest BCUT2D eigenvalue weighted by atomic mass is 10.0. The van der Waals surface area contributed by atoms with Gasteiger partial charge in [-0.25, -0.2) is 0 Å². The van der Waals surface area contributed by atoms with Gasteiger partial charge >= 0.3 is 0 Å². The third kappa shape index (κ3) is 4.08. The lowest BCUT2D eigenvalue weighted by Gasteiger charge is -2.20. The Labute approximate surface area is 137 Å². The Morgan fingerprint density at radius 1 is 1.04 bits per heavy atom. The molecule has 0 N–H and O–H groups in total. The number of benzene rings is 2. The Morgan fingerprint density at radius 2 is 1.65 bits per heavy atom. The van der Waals surface area contributed by atoms with Crippen molar-refractivity contribution in [2.75, 3.05) is 18.0 Å². The van der Waals surface area contributed by atoms with Gasteiger partial charge in [-0.3, -0.25) is 4.79 Å². The average molecular weight is 304 g/mol. The van der Waals surface area contributed by atoms with Gasteiger partial charge in [0.15, 0.2) is 0 Å². The van der Waals surface area contributed by atoms with Crippen molar-refractivity contribution >= 4 is 17.5 Å². The Hall–Kier alpha value is -2.86. The van der Waals surface area contributed by atoms with Crippen molar-refractivity contribution < 1.29 is 4.79 Å². The number of hydrogen-bond donors (Lipinski definition) is 0. The molecule has 0 bridgehead atoms. The van der Waals surface area contributed by atoms with Crippen molar-refractivity contribution in [3.8, 4) is 6.07 Å². The average Bonchev–Trinajstić information content (AvgIpc) is 2.62. The Bertz CT molecular complexity index is 720. The monoisotopic (exact) mass is 304 g/mol. The van der Waals surface area contributed by atoms with Crippen LogP contribution in [0.2, 0.25) is 0 Å². The minimum atomic E-state index is -0.249. The highest BCUT2D eigenvalue weighted by atomic mass is 16.1. The predicted octanol–water partition coefficient (Wildman–Crippen LogP) is 4.32. The number of anilines is 1. The van der Waals surface area contributed by atoms with Gasteiger partial charge in [-0.05, 0) is 37.6 Å². The molecule has 0 aliphatic carbocycles. The second kappa shape index (κ2) is 7.95. The van der Waals surface area contributed by atoms with Crippen LogP contribution in [0.3, 0.4) is 0 Å². The van der Waals surface area contributed by atoms with Gasteiger partial charge in [-0.1, -0.05) is 42.5 Å². The van der Waals surface area contributed by atoms with Gasteiger partial charge in [0.1, 0.15) is 11.6 Å². The van der Waals surface area contributed by atoms with Crippen LogP contribution in [0.5, 0.6) is 0 Å². The smallest absolute Gasteiger partial charge is 0.203 e. The molecule has 0 atom stereocenters. The fourth-order valence-corrected chi connectivity index (χ4v) is 2.43. The van der Waals surface area contributed by atoms with Gasteiger partial charge in [0.2, 0.25) is 5.78 Å². The number of nitrogens with zero attached hydrogens (tertiary/aromatic N) is 2. The zero-order valence-electron chi connectivity index (χ0n) is 13.5. The number of rotatable bonds is 6. The molecule has 2 aromatic rings. The Kier molecular flexibility index (Phi) is 5.71. The SMILES string of the molecule is CCN(CC)c1ccc(C=C(C#N)C(=O)c2ccccc2)cc1. The standard InChI is InChI=1S/C20H20N2O/c1-3-22(4-2)19-12-10-16(11-13-19)14-18(15-21)20(23)17-8-6-5-7-9-17/h5-14H,3-4H2,1-2H3. The van der Waals surface area contributed by atoms with Crippen LogP contribution in [0.25, 0.3) is 6.08 Å². The van der Waals surface area contributed by atoms with Crippen molar-refractivity contribution in [3.63, 3.8) is 0 Å². The summed E-state index contributed by atoms with van der Waals surface area (Å²) in [4.78, 5) is 14.6. The van der Waals surface area contributed by atoms with Gasteiger partial charge in [0.05, 0.1) is 0 Å². The first kappa shape index (κ1) is 16.5. The van der Waals surface area contributed by atoms with E-state index >= 15 is 0 Å². The van der Waals surface area contributed by atoms with E-state index in [2.05, 4.69) is 18.7 Å². The minimum Gasteiger partial charge on any atom is -0.372 e. The third-order valence-corrected chi connectivity index (χ3v) is 3.73. The van der Waals surface area contributed by atoms with Crippen LogP contribution < -0.4 is 4.90 Å². The molecule has 3 nitrogen and oxygen atoms in total. The molecule has 0 fully saturated rings. The second-order valence-electron chi connectivity index (χ2n) is 5.13. The lowest BCUT2D eigenvalue weighted by molar-refractivity contribution is 0.104. The van der Waals surface area contributed by atoms with E-state index in [1.807, 2.05) is 36.4 Å². The van der Waals surface area contributed by atoms with Gasteiger partial charge < -0.3 is 4.90 Å². The number of allylic oxidation sites excluding steroid dienone is 1. The molecule has 0 unspecified atom stereocenters. The molecule has 0 aliphatic heterocycles. The molecule has 0 aliphatic rings. The summed E-state index contributed by atoms with van der Waals surface area (Å²) in [6.07, 6.45) is 1.64. The maximum absolute atomic E-state index is 12.3. The molecular formula is C20H20N2O. The van der Waals surface area contributed by atoms with Crippen LogP contribution in [0.1, 0.15) is 29.8 Å². The van der Waals surface area contributed by atoms with Crippen LogP contribution in [-0.2, 0) is 0 Å². The van der Waals surface area contributed by atoms with Crippen LogP contribution in [-0.4, -0.2) is 18.9 Å². The molecule has 23 heavy (non-hydrogen) atoms. The number of carbonyl (C=O) groups is 1. The van der Waals surface area contributed by atoms with Crippen molar-refractivity contribution in [2.24, 2.45) is 0 Å². The van der Waals surface area contributed by atoms with E-state index in [0.717, 1.165) is 24.3 Å². The first-order valence-corrected chi connectivity index (χ1v) is 7.76. The van der Waals surface area contributed by atoms with Gasteiger partial charge in [-0.15, -0.1) is 0 Å². The van der Waals surface area contributed by atoms with Gasteiger partial charge in [0, 0.05) is 24.3 Å². The maximum atomic E-state index is 12.3. The molecule has 3 heteroatoms. The molecule has 0 spiro atoms. The Morgan fingerprint density at radius 3 is 2.17 bits per heavy atom. The highest BCUT2D eigenvalue weighted by Gasteiger charge is 2.11. The molecule has 0 saturated heterocycles. The molecule has 0 radical (unpaired) electrons. The number of Topliss-reactive ketones (excluding diaryl/α,β-unsaturated/α-hetero) is 1. The van der Waals surface area contributed by atoms with E-state index in [4.69, 9.17) is 0 Å². The number of ketones is 1. The summed E-state index contributed by atoms with van der Waals surface area (Å²) in [5, 5.41) is 9.29. The summed E-state index contributed by atoms with van der Waals surface area (Å²) in [5.74, 6) is -0.249. The number of hydrogen-bond acceptors (Lipinski definition) is 3. The normalized spacial score (nSPS) is 10.9. The summed E-state index contributed by atoms with van der Waals surface area (Å²) >= 11 is 0. The van der Waals surface area contributed by atoms with E-state index in [-0.39, 0.29) is 11.4 Å². The molecular weight excluding hydrogens is 284 g/mol. The molecule has 116 valence electrons. The Balaban J connectivity index is 2.25. The molecule has 0 aromatic heterocycles. The quantitative estimate of drug-likeness (QED) is 0.453. The number of nitriles is 1. The fourth-order valence-electron chi connectivity index (χ4n) is 2.43. The van der Waals surface area contributed by atoms with Crippen LogP contribution in [0.15, 0.2) is 60.2 Å². The summed E-state index contributed by atoms with van der Waals surface area (Å²) in [5.41, 5.74) is 2.66. The van der Waals surface area contributed by atoms with E-state index < -0.39 is 0 Å². The van der Waals surface area contributed by atoms with E-state index in [9.17, 15) is 10.1 Å². The predicted molar refractivity (Wildman–Crippen MR) is 94.4 cm³/mol. The second-order valence-corrected chi connectivity index (χ2v) is 5.13. The topological polar surface area (TPSA) is 44.1 Å². The summed E-state index contributed by atoms with van der Waals surface area (Å²) in [7, 11) is 0. The third-order valence-electron chi connectivity index (χ3n) is 3.73.